The summed E-state index contributed by atoms with van der Waals surface area (Å²) < 4.78 is 0. The minimum Gasteiger partial charge on any atom is -0.431 e. The van der Waals surface area contributed by atoms with Gasteiger partial charge in [0, 0.05) is 32.8 Å². The standard InChI is InChI=1S/C9H22OSi.C4H10O.2H2O.Zr/c1-7(2)11(10,8(3)4)9(5)6;1-2-3-4-5;;;/h7-10H,1-6H3;5H,2-4H2,1H3;2*1H2;. The van der Waals surface area contributed by atoms with Crippen molar-refractivity contribution in [1.29, 1.82) is 0 Å². The summed E-state index contributed by atoms with van der Waals surface area (Å²) in [4.78, 5) is 10.4. The smallest absolute Gasteiger partial charge is 0.196 e. The Balaban J connectivity index is -0.0000000717. The van der Waals surface area contributed by atoms with E-state index in [1.54, 1.807) is 0 Å². The van der Waals surface area contributed by atoms with Crippen molar-refractivity contribution >= 4 is 8.32 Å². The SMILES string of the molecule is CC(C)[Si](O)(C(C)C)C(C)C.CCCCO.O.O.[Zr]. The van der Waals surface area contributed by atoms with E-state index in [0.717, 1.165) is 12.8 Å². The minimum absolute atomic E-state index is 0. The van der Waals surface area contributed by atoms with Gasteiger partial charge in [-0.2, -0.15) is 0 Å². The number of hydrogen-bond acceptors (Lipinski definition) is 2. The molecule has 0 aromatic carbocycles. The van der Waals surface area contributed by atoms with Crippen LogP contribution in [-0.4, -0.2) is 35.8 Å². The zero-order valence-corrected chi connectivity index (χ0v) is 17.2. The van der Waals surface area contributed by atoms with E-state index in [-0.39, 0.29) is 37.2 Å². The van der Waals surface area contributed by atoms with Gasteiger partial charge in [0.15, 0.2) is 8.32 Å². The van der Waals surface area contributed by atoms with Crippen LogP contribution in [0.5, 0.6) is 0 Å². The Morgan fingerprint density at radius 2 is 1.11 bits per heavy atom. The second-order valence-electron chi connectivity index (χ2n) is 5.43. The molecule has 0 saturated heterocycles. The van der Waals surface area contributed by atoms with Crippen LogP contribution >= 0.6 is 0 Å². The summed E-state index contributed by atoms with van der Waals surface area (Å²) in [5.74, 6) is 0. The van der Waals surface area contributed by atoms with Crippen LogP contribution in [-0.2, 0) is 26.2 Å². The van der Waals surface area contributed by atoms with E-state index >= 15 is 0 Å². The molecule has 0 amide bonds. The van der Waals surface area contributed by atoms with Crippen molar-refractivity contribution in [3.8, 4) is 0 Å². The fourth-order valence-electron chi connectivity index (χ4n) is 2.16. The fourth-order valence-corrected chi connectivity index (χ4v) is 6.16. The minimum atomic E-state index is -1.98. The molecule has 0 fully saturated rings. The fraction of sp³-hybridized carbons (Fsp3) is 1.00. The molecule has 120 valence electrons. The summed E-state index contributed by atoms with van der Waals surface area (Å²) in [7, 11) is -1.98. The monoisotopic (exact) mass is 374 g/mol. The van der Waals surface area contributed by atoms with E-state index in [2.05, 4.69) is 48.5 Å². The molecule has 0 aromatic heterocycles. The van der Waals surface area contributed by atoms with Gasteiger partial charge >= 0.3 is 0 Å². The average Bonchev–Trinajstić information content (AvgIpc) is 2.17. The third-order valence-corrected chi connectivity index (χ3v) is 8.84. The van der Waals surface area contributed by atoms with E-state index in [1.165, 1.54) is 0 Å². The molecule has 19 heavy (non-hydrogen) atoms. The quantitative estimate of drug-likeness (QED) is 0.720. The van der Waals surface area contributed by atoms with Gasteiger partial charge in [0.2, 0.25) is 0 Å². The van der Waals surface area contributed by atoms with Gasteiger partial charge < -0.3 is 20.9 Å². The Bertz CT molecular complexity index is 143. The second kappa shape index (κ2) is 17.0. The molecule has 0 saturated carbocycles. The molecule has 0 spiro atoms. The van der Waals surface area contributed by atoms with Crippen LogP contribution in [0, 0.1) is 0 Å². The third-order valence-electron chi connectivity index (χ3n) is 3.29. The van der Waals surface area contributed by atoms with Gasteiger partial charge in [-0.3, -0.25) is 0 Å². The second-order valence-corrected chi connectivity index (χ2v) is 10.7. The predicted octanol–water partition coefficient (Wildman–Crippen LogP) is 2.28. The van der Waals surface area contributed by atoms with Crippen LogP contribution in [0.3, 0.4) is 0 Å². The normalized spacial score (nSPS) is 10.1. The van der Waals surface area contributed by atoms with Crippen molar-refractivity contribution in [1.82, 2.24) is 0 Å². The molecule has 0 aliphatic carbocycles. The number of rotatable bonds is 5. The van der Waals surface area contributed by atoms with Gasteiger partial charge in [-0.05, 0) is 23.0 Å². The van der Waals surface area contributed by atoms with Gasteiger partial charge in [-0.15, -0.1) is 0 Å². The van der Waals surface area contributed by atoms with E-state index < -0.39 is 8.32 Å². The van der Waals surface area contributed by atoms with E-state index in [9.17, 15) is 4.80 Å². The maximum Gasteiger partial charge on any atom is 0.196 e. The molecule has 6 heteroatoms. The van der Waals surface area contributed by atoms with Crippen LogP contribution in [0.2, 0.25) is 16.6 Å². The number of aliphatic hydroxyl groups excluding tert-OH is 1. The predicted molar refractivity (Wildman–Crippen MR) is 82.5 cm³/mol. The topological polar surface area (TPSA) is 103 Å². The Kier molecular flexibility index (Phi) is 28.7. The molecular formula is C13H36O4SiZr. The molecule has 4 nitrogen and oxygen atoms in total. The van der Waals surface area contributed by atoms with Crippen molar-refractivity contribution < 1.29 is 47.1 Å². The first-order valence-electron chi connectivity index (χ1n) is 6.58. The van der Waals surface area contributed by atoms with E-state index in [1.807, 2.05) is 0 Å². The molecule has 0 aromatic rings. The molecule has 0 bridgehead atoms. The first-order chi connectivity index (χ1) is 7.24. The molecular weight excluding hydrogens is 339 g/mol. The van der Waals surface area contributed by atoms with Crippen molar-refractivity contribution in [2.75, 3.05) is 6.61 Å². The van der Waals surface area contributed by atoms with Gasteiger partial charge in [-0.1, -0.05) is 54.9 Å². The number of unbranched alkanes of at least 4 members (excludes halogenated alkanes) is 1. The Hall–Kier alpha value is 0.940. The van der Waals surface area contributed by atoms with Crippen molar-refractivity contribution in [3.05, 3.63) is 0 Å². The summed E-state index contributed by atoms with van der Waals surface area (Å²) >= 11 is 0. The van der Waals surface area contributed by atoms with Crippen LogP contribution in [0.25, 0.3) is 0 Å². The molecule has 0 unspecified atom stereocenters. The summed E-state index contributed by atoms with van der Waals surface area (Å²) in [6.07, 6.45) is 2.04. The van der Waals surface area contributed by atoms with Crippen molar-refractivity contribution in [3.63, 3.8) is 0 Å². The summed E-state index contributed by atoms with van der Waals surface area (Å²) in [6, 6.07) is 0. The van der Waals surface area contributed by atoms with Gasteiger partial charge in [0.1, 0.15) is 0 Å². The summed E-state index contributed by atoms with van der Waals surface area (Å²) in [6.45, 7) is 15.3. The van der Waals surface area contributed by atoms with Gasteiger partial charge in [-0.25, -0.2) is 0 Å². The molecule has 0 aliphatic rings. The third kappa shape index (κ3) is 12.4. The van der Waals surface area contributed by atoms with E-state index in [0.29, 0.717) is 23.2 Å². The van der Waals surface area contributed by atoms with Crippen LogP contribution in [0.4, 0.5) is 0 Å². The Morgan fingerprint density at radius 3 is 1.11 bits per heavy atom. The Labute approximate surface area is 139 Å². The van der Waals surface area contributed by atoms with Crippen LogP contribution < -0.4 is 0 Å². The first-order valence-corrected chi connectivity index (χ1v) is 8.76. The number of hydrogen-bond donors (Lipinski definition) is 2. The molecule has 0 heterocycles. The Morgan fingerprint density at radius 1 is 0.842 bits per heavy atom. The zero-order chi connectivity index (χ0) is 13.4. The van der Waals surface area contributed by atoms with E-state index in [4.69, 9.17) is 5.11 Å². The van der Waals surface area contributed by atoms with Crippen molar-refractivity contribution in [2.45, 2.75) is 77.9 Å². The molecule has 0 atom stereocenters. The first kappa shape index (κ1) is 32.0. The average molecular weight is 376 g/mol. The molecule has 0 aliphatic heterocycles. The van der Waals surface area contributed by atoms with Crippen LogP contribution in [0.15, 0.2) is 0 Å². The maximum absolute atomic E-state index is 10.4. The molecule has 0 radical (unpaired) electrons. The number of aliphatic hydroxyl groups is 1. The molecule has 0 rings (SSSR count). The zero-order valence-electron chi connectivity index (χ0n) is 13.7. The van der Waals surface area contributed by atoms with Crippen molar-refractivity contribution in [2.24, 2.45) is 0 Å². The summed E-state index contributed by atoms with van der Waals surface area (Å²) in [5.41, 5.74) is 1.42. The summed E-state index contributed by atoms with van der Waals surface area (Å²) in [5, 5.41) is 8.07. The molecule has 6 N–H and O–H groups in total. The largest absolute Gasteiger partial charge is 0.431 e. The maximum atomic E-state index is 10.4. The van der Waals surface area contributed by atoms with Gasteiger partial charge in [0.05, 0.1) is 0 Å². The van der Waals surface area contributed by atoms with Crippen LogP contribution in [0.1, 0.15) is 61.3 Å². The van der Waals surface area contributed by atoms with Gasteiger partial charge in [0.25, 0.3) is 0 Å².